The third kappa shape index (κ3) is 5.85. The summed E-state index contributed by atoms with van der Waals surface area (Å²) in [6, 6.07) is 12.1. The standard InChI is InChI=1S/C28H26ClF3N4O3/c29-16-7-12-22-21(14-16)23(15-24(35-22)28(30,31)32)33-17-8-10-18(11-9-17)34-25(37)6-3-13-36-26(38)19-4-1-2-5-20(19)27(36)39/h1-2,4-5,7,12,14-15,17-18H,3,6,8-11,13H2,(H,33,35)(H,34,37). The van der Waals surface area contributed by atoms with E-state index in [1.165, 1.54) is 17.0 Å². The molecule has 0 radical (unpaired) electrons. The van der Waals surface area contributed by atoms with Gasteiger partial charge in [0, 0.05) is 41.1 Å². The Labute approximate surface area is 227 Å². The molecule has 7 nitrogen and oxygen atoms in total. The molecule has 0 spiro atoms. The van der Waals surface area contributed by atoms with Crippen LogP contribution in [0, 0.1) is 0 Å². The monoisotopic (exact) mass is 558 g/mol. The van der Waals surface area contributed by atoms with Crippen molar-refractivity contribution in [1.29, 1.82) is 0 Å². The molecule has 0 atom stereocenters. The van der Waals surface area contributed by atoms with Crippen molar-refractivity contribution >= 4 is 45.9 Å². The first kappa shape index (κ1) is 26.9. The summed E-state index contributed by atoms with van der Waals surface area (Å²) in [4.78, 5) is 42.3. The molecule has 11 heteroatoms. The smallest absolute Gasteiger partial charge is 0.382 e. The number of rotatable bonds is 7. The summed E-state index contributed by atoms with van der Waals surface area (Å²) >= 11 is 6.09. The Kier molecular flexibility index (Phi) is 7.48. The van der Waals surface area contributed by atoms with Crippen LogP contribution in [0.4, 0.5) is 18.9 Å². The molecule has 204 valence electrons. The van der Waals surface area contributed by atoms with Crippen molar-refractivity contribution in [2.45, 2.75) is 56.8 Å². The van der Waals surface area contributed by atoms with Crippen LogP contribution in [0.2, 0.25) is 5.02 Å². The third-order valence-electron chi connectivity index (χ3n) is 7.18. The molecule has 0 bridgehead atoms. The van der Waals surface area contributed by atoms with Crippen LogP contribution in [0.5, 0.6) is 0 Å². The Hall–Kier alpha value is -3.66. The minimum Gasteiger partial charge on any atom is -0.382 e. The number of alkyl halides is 3. The predicted octanol–water partition coefficient (Wildman–Crippen LogP) is 5.82. The fraction of sp³-hybridized carbons (Fsp3) is 0.357. The average molecular weight is 559 g/mol. The summed E-state index contributed by atoms with van der Waals surface area (Å²) in [5.41, 5.74) is 0.334. The predicted molar refractivity (Wildman–Crippen MR) is 141 cm³/mol. The fourth-order valence-corrected chi connectivity index (χ4v) is 5.38. The minimum absolute atomic E-state index is 0.0516. The maximum Gasteiger partial charge on any atom is 0.433 e. The van der Waals surface area contributed by atoms with Crippen LogP contribution < -0.4 is 10.6 Å². The highest BCUT2D eigenvalue weighted by Crippen LogP contribution is 2.35. The number of pyridine rings is 1. The van der Waals surface area contributed by atoms with Crippen molar-refractivity contribution in [3.05, 3.63) is 70.4 Å². The Morgan fingerprint density at radius 1 is 0.974 bits per heavy atom. The van der Waals surface area contributed by atoms with Crippen LogP contribution in [0.25, 0.3) is 10.9 Å². The first-order valence-electron chi connectivity index (χ1n) is 12.8. The summed E-state index contributed by atoms with van der Waals surface area (Å²) in [6.45, 7) is 0.167. The van der Waals surface area contributed by atoms with Gasteiger partial charge in [-0.15, -0.1) is 0 Å². The number of carbonyl (C=O) groups is 3. The zero-order valence-electron chi connectivity index (χ0n) is 20.9. The van der Waals surface area contributed by atoms with Gasteiger partial charge in [0.15, 0.2) is 0 Å². The van der Waals surface area contributed by atoms with Crippen LogP contribution in [0.1, 0.15) is 64.9 Å². The molecule has 2 aliphatic rings. The third-order valence-corrected chi connectivity index (χ3v) is 7.41. The van der Waals surface area contributed by atoms with E-state index in [1.54, 1.807) is 30.3 Å². The molecule has 39 heavy (non-hydrogen) atoms. The van der Waals surface area contributed by atoms with Crippen LogP contribution in [0.3, 0.4) is 0 Å². The number of benzene rings is 2. The second-order valence-corrected chi connectivity index (χ2v) is 10.3. The molecule has 1 aliphatic carbocycles. The number of nitrogens with zero attached hydrogens (tertiary/aromatic N) is 2. The van der Waals surface area contributed by atoms with E-state index in [1.807, 2.05) is 0 Å². The van der Waals surface area contributed by atoms with Gasteiger partial charge >= 0.3 is 6.18 Å². The van der Waals surface area contributed by atoms with E-state index < -0.39 is 11.9 Å². The van der Waals surface area contributed by atoms with Gasteiger partial charge in [-0.1, -0.05) is 23.7 Å². The van der Waals surface area contributed by atoms with E-state index in [0.717, 1.165) is 6.07 Å². The maximum absolute atomic E-state index is 13.4. The van der Waals surface area contributed by atoms with E-state index in [0.29, 0.717) is 59.3 Å². The lowest BCUT2D eigenvalue weighted by atomic mass is 9.90. The number of amides is 3. The Balaban J connectivity index is 1.12. The number of fused-ring (bicyclic) bond motifs is 2. The second kappa shape index (κ2) is 10.8. The largest absolute Gasteiger partial charge is 0.433 e. The zero-order valence-corrected chi connectivity index (χ0v) is 21.6. The summed E-state index contributed by atoms with van der Waals surface area (Å²) in [7, 11) is 0. The topological polar surface area (TPSA) is 91.4 Å². The number of nitrogens with one attached hydrogen (secondary N) is 2. The Bertz CT molecular complexity index is 1400. The molecular weight excluding hydrogens is 533 g/mol. The quantitative estimate of drug-likeness (QED) is 0.356. The van der Waals surface area contributed by atoms with Crippen LogP contribution in [-0.2, 0) is 11.0 Å². The number of halogens is 4. The first-order chi connectivity index (χ1) is 18.6. The Morgan fingerprint density at radius 3 is 2.26 bits per heavy atom. The molecule has 1 aliphatic heterocycles. The van der Waals surface area contributed by atoms with Gasteiger partial charge in [0.2, 0.25) is 5.91 Å². The minimum atomic E-state index is -4.58. The summed E-state index contributed by atoms with van der Waals surface area (Å²) in [6.07, 6.45) is -1.40. The van der Waals surface area contributed by atoms with Gasteiger partial charge in [0.1, 0.15) is 5.69 Å². The van der Waals surface area contributed by atoms with Crippen LogP contribution >= 0.6 is 11.6 Å². The lowest BCUT2D eigenvalue weighted by Crippen LogP contribution is -2.40. The van der Waals surface area contributed by atoms with E-state index >= 15 is 0 Å². The highest BCUT2D eigenvalue weighted by Gasteiger charge is 2.35. The second-order valence-electron chi connectivity index (χ2n) is 9.89. The molecule has 2 N–H and O–H groups in total. The normalized spacial score (nSPS) is 19.3. The van der Waals surface area contributed by atoms with Crippen LogP contribution in [-0.4, -0.2) is 46.2 Å². The average Bonchev–Trinajstić information content (AvgIpc) is 3.14. The molecule has 1 aromatic heterocycles. The van der Waals surface area contributed by atoms with E-state index in [9.17, 15) is 27.6 Å². The molecule has 1 saturated carbocycles. The molecule has 1 fully saturated rings. The summed E-state index contributed by atoms with van der Waals surface area (Å²) in [5, 5.41) is 7.16. The van der Waals surface area contributed by atoms with Crippen molar-refractivity contribution < 1.29 is 27.6 Å². The van der Waals surface area contributed by atoms with Crippen molar-refractivity contribution in [1.82, 2.24) is 15.2 Å². The summed E-state index contributed by atoms with van der Waals surface area (Å²) in [5.74, 6) is -0.838. The fourth-order valence-electron chi connectivity index (χ4n) is 5.20. The van der Waals surface area contributed by atoms with Crippen LogP contribution in [0.15, 0.2) is 48.5 Å². The summed E-state index contributed by atoms with van der Waals surface area (Å²) < 4.78 is 40.2. The van der Waals surface area contributed by atoms with Gasteiger partial charge in [-0.2, -0.15) is 13.2 Å². The Morgan fingerprint density at radius 2 is 1.62 bits per heavy atom. The van der Waals surface area contributed by atoms with Crippen molar-refractivity contribution in [3.63, 3.8) is 0 Å². The first-order valence-corrected chi connectivity index (χ1v) is 13.2. The van der Waals surface area contributed by atoms with Crippen molar-refractivity contribution in [2.24, 2.45) is 0 Å². The molecule has 3 aromatic rings. The van der Waals surface area contributed by atoms with Crippen molar-refractivity contribution in [2.75, 3.05) is 11.9 Å². The molecule has 2 aromatic carbocycles. The SMILES string of the molecule is O=C(CCCN1C(=O)c2ccccc2C1=O)NC1CCC(Nc2cc(C(F)(F)F)nc3ccc(Cl)cc23)CC1. The maximum atomic E-state index is 13.4. The molecule has 2 heterocycles. The zero-order chi connectivity index (χ0) is 27.7. The van der Waals surface area contributed by atoms with Gasteiger partial charge in [0.05, 0.1) is 16.6 Å². The molecule has 0 saturated heterocycles. The van der Waals surface area contributed by atoms with Gasteiger partial charge in [-0.25, -0.2) is 4.98 Å². The number of hydrogen-bond acceptors (Lipinski definition) is 5. The molecule has 3 amide bonds. The highest BCUT2D eigenvalue weighted by atomic mass is 35.5. The number of hydrogen-bond donors (Lipinski definition) is 2. The van der Waals surface area contributed by atoms with Crippen molar-refractivity contribution in [3.8, 4) is 0 Å². The van der Waals surface area contributed by atoms with Gasteiger partial charge in [0.25, 0.3) is 11.8 Å². The molecular formula is C28H26ClF3N4O3. The van der Waals surface area contributed by atoms with E-state index in [-0.39, 0.29) is 48.3 Å². The van der Waals surface area contributed by atoms with E-state index in [4.69, 9.17) is 11.6 Å². The lowest BCUT2D eigenvalue weighted by Gasteiger charge is -2.31. The lowest BCUT2D eigenvalue weighted by molar-refractivity contribution is -0.140. The molecule has 0 unspecified atom stereocenters. The number of imide groups is 1. The number of carbonyl (C=O) groups excluding carboxylic acids is 3. The number of aromatic nitrogens is 1. The molecule has 5 rings (SSSR count). The van der Waals surface area contributed by atoms with Gasteiger partial charge in [-0.3, -0.25) is 19.3 Å². The van der Waals surface area contributed by atoms with Gasteiger partial charge < -0.3 is 10.6 Å². The van der Waals surface area contributed by atoms with Gasteiger partial charge in [-0.05, 0) is 68.5 Å². The highest BCUT2D eigenvalue weighted by molar-refractivity contribution is 6.31. The number of anilines is 1. The van der Waals surface area contributed by atoms with E-state index in [2.05, 4.69) is 15.6 Å².